The predicted molar refractivity (Wildman–Crippen MR) is 58.1 cm³/mol. The van der Waals surface area contributed by atoms with E-state index in [1.165, 1.54) is 0 Å². The summed E-state index contributed by atoms with van der Waals surface area (Å²) < 4.78 is 2.41. The van der Waals surface area contributed by atoms with Crippen LogP contribution in [0.25, 0.3) is 10.9 Å². The molecule has 1 aromatic heterocycles. The third-order valence-electron chi connectivity index (χ3n) is 1.86. The van der Waals surface area contributed by atoms with Crippen LogP contribution in [0, 0.1) is 11.3 Å². The van der Waals surface area contributed by atoms with Crippen LogP contribution in [0.5, 0.6) is 0 Å². The zero-order valence-electron chi connectivity index (χ0n) is 7.04. The molecule has 1 aromatic carbocycles. The maximum absolute atomic E-state index is 8.52. The van der Waals surface area contributed by atoms with Crippen LogP contribution in [0.3, 0.4) is 0 Å². The molecule has 1 heterocycles. The molecule has 0 aliphatic rings. The molecule has 14 heavy (non-hydrogen) atoms. The van der Waals surface area contributed by atoms with Crippen LogP contribution in [-0.2, 0) is 6.54 Å². The Labute approximate surface area is 94.0 Å². The van der Waals surface area contributed by atoms with Crippen LogP contribution in [0.1, 0.15) is 0 Å². The van der Waals surface area contributed by atoms with Gasteiger partial charge in [0.05, 0.1) is 16.6 Å². The molecule has 2 rings (SSSR count). The van der Waals surface area contributed by atoms with Gasteiger partial charge in [0.2, 0.25) is 0 Å². The molecular formula is C9H5BrClN3. The number of nitrogens with zero attached hydrogens (tertiary/aromatic N) is 3. The minimum Gasteiger partial charge on any atom is -0.257 e. The average Bonchev–Trinajstić information content (AvgIpc) is 2.56. The number of hydrogen-bond donors (Lipinski definition) is 0. The molecule has 0 amide bonds. The minimum atomic E-state index is 0.239. The van der Waals surface area contributed by atoms with Crippen LogP contribution < -0.4 is 0 Å². The van der Waals surface area contributed by atoms with Crippen molar-refractivity contribution in [1.82, 2.24) is 9.78 Å². The summed E-state index contributed by atoms with van der Waals surface area (Å²) in [6.07, 6.45) is 1.77. The normalized spacial score (nSPS) is 10.4. The van der Waals surface area contributed by atoms with Crippen molar-refractivity contribution in [3.63, 3.8) is 0 Å². The van der Waals surface area contributed by atoms with E-state index in [1.807, 2.05) is 18.2 Å². The summed E-state index contributed by atoms with van der Waals surface area (Å²) >= 11 is 9.39. The van der Waals surface area contributed by atoms with Crippen LogP contribution in [0.4, 0.5) is 0 Å². The fraction of sp³-hybridized carbons (Fsp3) is 0.111. The summed E-state index contributed by atoms with van der Waals surface area (Å²) in [7, 11) is 0. The largest absolute Gasteiger partial charge is 0.257 e. The van der Waals surface area contributed by atoms with Crippen molar-refractivity contribution in [3.05, 3.63) is 27.8 Å². The topological polar surface area (TPSA) is 41.6 Å². The van der Waals surface area contributed by atoms with Crippen LogP contribution in [0.2, 0.25) is 5.02 Å². The quantitative estimate of drug-likeness (QED) is 0.799. The van der Waals surface area contributed by atoms with Crippen molar-refractivity contribution in [2.24, 2.45) is 0 Å². The van der Waals surface area contributed by atoms with Crippen molar-refractivity contribution < 1.29 is 0 Å². The van der Waals surface area contributed by atoms with E-state index >= 15 is 0 Å². The first kappa shape index (κ1) is 9.50. The van der Waals surface area contributed by atoms with Crippen molar-refractivity contribution >= 4 is 38.4 Å². The van der Waals surface area contributed by atoms with Gasteiger partial charge in [0.25, 0.3) is 0 Å². The predicted octanol–water partition coefficient (Wildman–Crippen LogP) is 2.98. The fourth-order valence-electron chi connectivity index (χ4n) is 1.24. The smallest absolute Gasteiger partial charge is 0.128 e. The first-order chi connectivity index (χ1) is 6.72. The van der Waals surface area contributed by atoms with Crippen molar-refractivity contribution in [1.29, 1.82) is 5.26 Å². The molecule has 2 aromatic rings. The van der Waals surface area contributed by atoms with Gasteiger partial charge in [-0.25, -0.2) is 0 Å². The van der Waals surface area contributed by atoms with Crippen LogP contribution >= 0.6 is 27.5 Å². The number of nitriles is 1. The summed E-state index contributed by atoms with van der Waals surface area (Å²) in [5, 5.41) is 14.2. The van der Waals surface area contributed by atoms with Gasteiger partial charge in [0.1, 0.15) is 6.54 Å². The highest BCUT2D eigenvalue weighted by Gasteiger charge is 2.06. The van der Waals surface area contributed by atoms with E-state index in [0.29, 0.717) is 5.02 Å². The third-order valence-corrected chi connectivity index (χ3v) is 3.15. The number of halogens is 2. The fourth-order valence-corrected chi connectivity index (χ4v) is 1.79. The molecule has 3 nitrogen and oxygen atoms in total. The molecule has 0 saturated heterocycles. The Bertz CT molecular complexity index is 527. The lowest BCUT2D eigenvalue weighted by Gasteiger charge is -1.94. The van der Waals surface area contributed by atoms with Gasteiger partial charge in [-0.15, -0.1) is 0 Å². The molecule has 0 bridgehead atoms. The Kier molecular flexibility index (Phi) is 2.44. The standard InChI is InChI=1S/C9H5BrClN3/c10-7-1-2-8-6(9(7)11)5-14(13-8)4-3-12/h1-2,5H,4H2. The second-order valence-electron chi connectivity index (χ2n) is 2.78. The average molecular weight is 271 g/mol. The summed E-state index contributed by atoms with van der Waals surface area (Å²) in [5.41, 5.74) is 0.799. The second-order valence-corrected chi connectivity index (χ2v) is 4.01. The van der Waals surface area contributed by atoms with Crippen LogP contribution in [-0.4, -0.2) is 9.78 Å². The van der Waals surface area contributed by atoms with Crippen LogP contribution in [0.15, 0.2) is 22.8 Å². The molecular weight excluding hydrogens is 265 g/mol. The molecule has 0 atom stereocenters. The molecule has 0 fully saturated rings. The lowest BCUT2D eigenvalue weighted by atomic mass is 10.3. The highest BCUT2D eigenvalue weighted by molar-refractivity contribution is 9.10. The van der Waals surface area contributed by atoms with Gasteiger partial charge in [-0.1, -0.05) is 11.6 Å². The number of rotatable bonds is 1. The van der Waals surface area contributed by atoms with E-state index in [4.69, 9.17) is 16.9 Å². The lowest BCUT2D eigenvalue weighted by molar-refractivity contribution is 0.719. The molecule has 70 valence electrons. The molecule has 0 radical (unpaired) electrons. The van der Waals surface area contributed by atoms with Crippen molar-refractivity contribution in [2.75, 3.05) is 0 Å². The number of aromatic nitrogens is 2. The maximum Gasteiger partial charge on any atom is 0.128 e. The van der Waals surface area contributed by atoms with Gasteiger partial charge in [-0.3, -0.25) is 4.68 Å². The Hall–Kier alpha value is -1.05. The van der Waals surface area contributed by atoms with Crippen molar-refractivity contribution in [3.8, 4) is 6.07 Å². The number of hydrogen-bond acceptors (Lipinski definition) is 2. The molecule has 0 aliphatic heterocycles. The monoisotopic (exact) mass is 269 g/mol. The van der Waals surface area contributed by atoms with Gasteiger partial charge in [-0.05, 0) is 28.1 Å². The molecule has 0 N–H and O–H groups in total. The zero-order valence-corrected chi connectivity index (χ0v) is 9.38. The number of fused-ring (bicyclic) bond motifs is 1. The molecule has 0 aliphatic carbocycles. The zero-order chi connectivity index (χ0) is 10.1. The Morgan fingerprint density at radius 2 is 2.36 bits per heavy atom. The molecule has 0 saturated carbocycles. The highest BCUT2D eigenvalue weighted by Crippen LogP contribution is 2.30. The maximum atomic E-state index is 8.52. The second kappa shape index (κ2) is 3.60. The number of benzene rings is 1. The third kappa shape index (κ3) is 1.49. The van der Waals surface area contributed by atoms with E-state index in [9.17, 15) is 0 Å². The summed E-state index contributed by atoms with van der Waals surface area (Å²) in [6, 6.07) is 5.73. The first-order valence-electron chi connectivity index (χ1n) is 3.90. The van der Waals surface area contributed by atoms with Gasteiger partial charge in [0.15, 0.2) is 0 Å². The highest BCUT2D eigenvalue weighted by atomic mass is 79.9. The van der Waals surface area contributed by atoms with E-state index in [1.54, 1.807) is 10.9 Å². The molecule has 0 unspecified atom stereocenters. The summed E-state index contributed by atoms with van der Waals surface area (Å²) in [4.78, 5) is 0. The minimum absolute atomic E-state index is 0.239. The summed E-state index contributed by atoms with van der Waals surface area (Å²) in [5.74, 6) is 0. The lowest BCUT2D eigenvalue weighted by Crippen LogP contribution is -1.94. The SMILES string of the molecule is N#CCn1cc2c(Cl)c(Br)ccc2n1. The molecule has 5 heteroatoms. The van der Waals surface area contributed by atoms with E-state index < -0.39 is 0 Å². The first-order valence-corrected chi connectivity index (χ1v) is 5.07. The Morgan fingerprint density at radius 3 is 3.07 bits per heavy atom. The Balaban J connectivity index is 2.66. The van der Waals surface area contributed by atoms with E-state index in [0.717, 1.165) is 15.4 Å². The summed E-state index contributed by atoms with van der Waals surface area (Å²) in [6.45, 7) is 0.239. The van der Waals surface area contributed by atoms with Gasteiger partial charge >= 0.3 is 0 Å². The van der Waals surface area contributed by atoms with Gasteiger partial charge in [0, 0.05) is 16.1 Å². The van der Waals surface area contributed by atoms with Gasteiger partial charge in [-0.2, -0.15) is 10.4 Å². The molecule has 0 spiro atoms. The van der Waals surface area contributed by atoms with Crippen molar-refractivity contribution in [2.45, 2.75) is 6.54 Å². The van der Waals surface area contributed by atoms with E-state index in [2.05, 4.69) is 21.0 Å². The van der Waals surface area contributed by atoms with E-state index in [-0.39, 0.29) is 6.54 Å². The van der Waals surface area contributed by atoms with Gasteiger partial charge < -0.3 is 0 Å². The Morgan fingerprint density at radius 1 is 1.57 bits per heavy atom.